The fourth-order valence-corrected chi connectivity index (χ4v) is 2.94. The lowest BCUT2D eigenvalue weighted by Crippen LogP contribution is -2.39. The molecule has 0 aliphatic carbocycles. The molecule has 0 spiro atoms. The van der Waals surface area contributed by atoms with Gasteiger partial charge in [0, 0.05) is 5.69 Å². The van der Waals surface area contributed by atoms with Crippen LogP contribution in [-0.4, -0.2) is 30.5 Å². The van der Waals surface area contributed by atoms with Crippen LogP contribution < -0.4 is 20.8 Å². The Hall–Kier alpha value is -4.46. The first-order chi connectivity index (χ1) is 16.4. The fraction of sp³-hybridized carbons (Fsp3) is 0.154. The van der Waals surface area contributed by atoms with Crippen molar-refractivity contribution in [1.29, 1.82) is 0 Å². The predicted octanol–water partition coefficient (Wildman–Crippen LogP) is 3.34. The maximum Gasteiger partial charge on any atom is 0.329 e. The number of hydrogen-bond acceptors (Lipinski definition) is 5. The van der Waals surface area contributed by atoms with E-state index in [1.54, 1.807) is 31.2 Å². The van der Waals surface area contributed by atoms with E-state index >= 15 is 0 Å². The van der Waals surface area contributed by atoms with Crippen molar-refractivity contribution >= 4 is 29.6 Å². The summed E-state index contributed by atoms with van der Waals surface area (Å²) in [4.78, 5) is 36.0. The molecule has 3 aromatic rings. The van der Waals surface area contributed by atoms with Crippen molar-refractivity contribution in [3.8, 4) is 5.75 Å². The van der Waals surface area contributed by atoms with E-state index < -0.39 is 11.8 Å². The van der Waals surface area contributed by atoms with Crippen molar-refractivity contribution in [2.24, 2.45) is 5.10 Å². The van der Waals surface area contributed by atoms with Gasteiger partial charge >= 0.3 is 11.8 Å². The summed E-state index contributed by atoms with van der Waals surface area (Å²) in [5, 5.41) is 9.19. The summed E-state index contributed by atoms with van der Waals surface area (Å²) in [6.07, 6.45) is 1.40. The number of amides is 3. The number of carbonyl (C=O) groups excluding carboxylic acids is 3. The van der Waals surface area contributed by atoms with Crippen LogP contribution >= 0.6 is 0 Å². The highest BCUT2D eigenvalue weighted by Gasteiger charge is 2.16. The average molecular weight is 459 g/mol. The van der Waals surface area contributed by atoms with Crippen molar-refractivity contribution < 1.29 is 19.1 Å². The SMILES string of the molecule is Cc1ccc(NC(=O)COc2ccc(/C=N\NC(=O)C(=O)N[C@@H](C)c3ccccc3)cc2)cc1. The summed E-state index contributed by atoms with van der Waals surface area (Å²) >= 11 is 0. The van der Waals surface area contributed by atoms with E-state index in [-0.39, 0.29) is 18.6 Å². The number of nitrogens with one attached hydrogen (secondary N) is 3. The standard InChI is InChI=1S/C26H26N4O4/c1-18-8-12-22(13-9-18)29-24(31)17-34-23-14-10-20(11-15-23)16-27-30-26(33)25(32)28-19(2)21-6-4-3-5-7-21/h3-16,19H,17H2,1-2H3,(H,28,32)(H,29,31)(H,30,33)/b27-16-/t19-/m0/s1. The Morgan fingerprint density at radius 3 is 2.26 bits per heavy atom. The van der Waals surface area contributed by atoms with E-state index in [9.17, 15) is 14.4 Å². The van der Waals surface area contributed by atoms with Gasteiger partial charge in [0.15, 0.2) is 6.61 Å². The number of rotatable bonds is 8. The van der Waals surface area contributed by atoms with E-state index in [0.717, 1.165) is 11.1 Å². The van der Waals surface area contributed by atoms with Crippen molar-refractivity contribution in [1.82, 2.24) is 10.7 Å². The summed E-state index contributed by atoms with van der Waals surface area (Å²) in [5.41, 5.74) is 5.58. The molecular weight excluding hydrogens is 432 g/mol. The van der Waals surface area contributed by atoms with Crippen LogP contribution in [0.25, 0.3) is 0 Å². The second-order valence-electron chi connectivity index (χ2n) is 7.58. The minimum absolute atomic E-state index is 0.131. The third-order valence-corrected chi connectivity index (χ3v) is 4.82. The Balaban J connectivity index is 1.41. The zero-order chi connectivity index (χ0) is 24.3. The van der Waals surface area contributed by atoms with Gasteiger partial charge in [-0.15, -0.1) is 0 Å². The molecule has 0 aliphatic heterocycles. The van der Waals surface area contributed by atoms with Crippen LogP contribution in [0.15, 0.2) is 84.0 Å². The van der Waals surface area contributed by atoms with Gasteiger partial charge < -0.3 is 15.4 Å². The Bertz CT molecular complexity index is 1140. The van der Waals surface area contributed by atoms with Crippen molar-refractivity contribution in [3.05, 3.63) is 95.6 Å². The molecule has 8 heteroatoms. The van der Waals surface area contributed by atoms with Crippen LogP contribution in [-0.2, 0) is 14.4 Å². The molecule has 174 valence electrons. The molecule has 34 heavy (non-hydrogen) atoms. The number of aryl methyl sites for hydroxylation is 1. The van der Waals surface area contributed by atoms with E-state index in [2.05, 4.69) is 21.2 Å². The maximum absolute atomic E-state index is 12.0. The van der Waals surface area contributed by atoms with Gasteiger partial charge in [0.2, 0.25) is 0 Å². The molecule has 3 amide bonds. The van der Waals surface area contributed by atoms with Gasteiger partial charge in [-0.2, -0.15) is 5.10 Å². The summed E-state index contributed by atoms with van der Waals surface area (Å²) in [7, 11) is 0. The van der Waals surface area contributed by atoms with Crippen LogP contribution in [0, 0.1) is 6.92 Å². The minimum atomic E-state index is -0.862. The second-order valence-corrected chi connectivity index (χ2v) is 7.58. The van der Waals surface area contributed by atoms with Crippen molar-refractivity contribution in [3.63, 3.8) is 0 Å². The summed E-state index contributed by atoms with van der Waals surface area (Å²) in [5.74, 6) is -1.40. The van der Waals surface area contributed by atoms with Gasteiger partial charge in [-0.1, -0.05) is 48.0 Å². The molecule has 0 fully saturated rings. The number of benzene rings is 3. The van der Waals surface area contributed by atoms with Crippen LogP contribution in [0.1, 0.15) is 29.7 Å². The molecule has 0 unspecified atom stereocenters. The lowest BCUT2D eigenvalue weighted by Gasteiger charge is -2.13. The average Bonchev–Trinajstić information content (AvgIpc) is 2.85. The van der Waals surface area contributed by atoms with Gasteiger partial charge in [0.25, 0.3) is 5.91 Å². The molecule has 8 nitrogen and oxygen atoms in total. The molecule has 0 heterocycles. The number of hydrazone groups is 1. The molecular formula is C26H26N4O4. The minimum Gasteiger partial charge on any atom is -0.484 e. The number of ether oxygens (including phenoxy) is 1. The van der Waals surface area contributed by atoms with E-state index in [0.29, 0.717) is 17.0 Å². The Morgan fingerprint density at radius 2 is 1.59 bits per heavy atom. The maximum atomic E-state index is 12.0. The Morgan fingerprint density at radius 1 is 0.912 bits per heavy atom. The number of hydrogen-bond donors (Lipinski definition) is 3. The number of anilines is 1. The van der Waals surface area contributed by atoms with Crippen LogP contribution in [0.5, 0.6) is 5.75 Å². The molecule has 3 rings (SSSR count). The molecule has 0 aliphatic rings. The van der Waals surface area contributed by atoms with Crippen LogP contribution in [0.2, 0.25) is 0 Å². The largest absolute Gasteiger partial charge is 0.484 e. The quantitative estimate of drug-likeness (QED) is 0.273. The van der Waals surface area contributed by atoms with E-state index in [1.165, 1.54) is 6.21 Å². The first-order valence-corrected chi connectivity index (χ1v) is 10.7. The monoisotopic (exact) mass is 458 g/mol. The van der Waals surface area contributed by atoms with Gasteiger partial charge in [-0.05, 0) is 61.4 Å². The van der Waals surface area contributed by atoms with Crippen molar-refractivity contribution in [2.75, 3.05) is 11.9 Å². The smallest absolute Gasteiger partial charge is 0.329 e. The fourth-order valence-electron chi connectivity index (χ4n) is 2.94. The molecule has 0 bridgehead atoms. The highest BCUT2D eigenvalue weighted by molar-refractivity contribution is 6.35. The lowest BCUT2D eigenvalue weighted by molar-refractivity contribution is -0.139. The van der Waals surface area contributed by atoms with Gasteiger partial charge in [0.1, 0.15) is 5.75 Å². The summed E-state index contributed by atoms with van der Waals surface area (Å²) in [6, 6.07) is 23.3. The Kier molecular flexibility index (Phi) is 8.51. The zero-order valence-corrected chi connectivity index (χ0v) is 18.9. The first kappa shape index (κ1) is 24.2. The summed E-state index contributed by atoms with van der Waals surface area (Å²) < 4.78 is 5.49. The third kappa shape index (κ3) is 7.59. The molecule has 3 N–H and O–H groups in total. The van der Waals surface area contributed by atoms with Crippen LogP contribution in [0.4, 0.5) is 5.69 Å². The lowest BCUT2D eigenvalue weighted by atomic mass is 10.1. The predicted molar refractivity (Wildman–Crippen MR) is 130 cm³/mol. The number of nitrogens with zero attached hydrogens (tertiary/aromatic N) is 1. The van der Waals surface area contributed by atoms with Gasteiger partial charge in [-0.25, -0.2) is 5.43 Å². The molecule has 0 aromatic heterocycles. The first-order valence-electron chi connectivity index (χ1n) is 10.7. The van der Waals surface area contributed by atoms with Gasteiger partial charge in [-0.3, -0.25) is 14.4 Å². The molecule has 1 atom stereocenters. The van der Waals surface area contributed by atoms with E-state index in [1.807, 2.05) is 61.5 Å². The topological polar surface area (TPSA) is 109 Å². The number of carbonyl (C=O) groups is 3. The zero-order valence-electron chi connectivity index (χ0n) is 18.9. The highest BCUT2D eigenvalue weighted by Crippen LogP contribution is 2.13. The third-order valence-electron chi connectivity index (χ3n) is 4.82. The van der Waals surface area contributed by atoms with Crippen LogP contribution in [0.3, 0.4) is 0 Å². The summed E-state index contributed by atoms with van der Waals surface area (Å²) in [6.45, 7) is 3.63. The molecule has 0 saturated carbocycles. The molecule has 3 aromatic carbocycles. The van der Waals surface area contributed by atoms with Crippen molar-refractivity contribution in [2.45, 2.75) is 19.9 Å². The molecule has 0 saturated heterocycles. The Labute approximate surface area is 198 Å². The normalized spacial score (nSPS) is 11.5. The van der Waals surface area contributed by atoms with Gasteiger partial charge in [0.05, 0.1) is 12.3 Å². The highest BCUT2D eigenvalue weighted by atomic mass is 16.5. The molecule has 0 radical (unpaired) electrons. The second kappa shape index (κ2) is 12.0. The van der Waals surface area contributed by atoms with E-state index in [4.69, 9.17) is 4.74 Å².